The second-order valence-corrected chi connectivity index (χ2v) is 4.86. The largest absolute Gasteiger partial charge is 0.354 e. The molecule has 1 unspecified atom stereocenters. The fourth-order valence-corrected chi connectivity index (χ4v) is 2.21. The summed E-state index contributed by atoms with van der Waals surface area (Å²) < 4.78 is 25.0. The number of hydrogen-bond acceptors (Lipinski definition) is 3. The van der Waals surface area contributed by atoms with Crippen LogP contribution in [0, 0.1) is 5.82 Å². The first-order valence-corrected chi connectivity index (χ1v) is 6.64. The quantitative estimate of drug-likeness (QED) is 0.784. The number of likely N-dealkylation sites (N-methyl/N-ethyl adjacent to an activating group) is 1. The molecule has 1 N–H and O–H groups in total. The van der Waals surface area contributed by atoms with Crippen molar-refractivity contribution < 1.29 is 13.9 Å². The summed E-state index contributed by atoms with van der Waals surface area (Å²) >= 11 is 3.24. The highest BCUT2D eigenvalue weighted by atomic mass is 79.9. The summed E-state index contributed by atoms with van der Waals surface area (Å²) in [6.07, 6.45) is 0.118. The van der Waals surface area contributed by atoms with E-state index in [0.29, 0.717) is 12.0 Å². The Morgan fingerprint density at radius 3 is 2.50 bits per heavy atom. The minimum absolute atomic E-state index is 0.0827. The van der Waals surface area contributed by atoms with Crippen LogP contribution in [0.15, 0.2) is 22.7 Å². The summed E-state index contributed by atoms with van der Waals surface area (Å²) in [5.74, 6) is -0.224. The second-order valence-electron chi connectivity index (χ2n) is 3.94. The maximum atomic E-state index is 13.8. The third kappa shape index (κ3) is 4.31. The van der Waals surface area contributed by atoms with Crippen LogP contribution in [0.25, 0.3) is 0 Å². The number of hydrogen-bond donors (Lipinski definition) is 1. The summed E-state index contributed by atoms with van der Waals surface area (Å²) in [6.45, 7) is 2.76. The molecule has 0 saturated carbocycles. The Morgan fingerprint density at radius 1 is 1.33 bits per heavy atom. The number of ether oxygens (including phenoxy) is 2. The molecule has 0 radical (unpaired) electrons. The van der Waals surface area contributed by atoms with Crippen LogP contribution in [-0.4, -0.2) is 33.1 Å². The van der Waals surface area contributed by atoms with Crippen molar-refractivity contribution in [3.8, 4) is 0 Å². The zero-order valence-corrected chi connectivity index (χ0v) is 12.5. The van der Waals surface area contributed by atoms with Crippen molar-refractivity contribution in [3.05, 3.63) is 34.1 Å². The van der Waals surface area contributed by atoms with Crippen molar-refractivity contribution in [2.45, 2.75) is 25.7 Å². The zero-order valence-electron chi connectivity index (χ0n) is 10.9. The molecule has 0 aliphatic carbocycles. The molecule has 1 aromatic carbocycles. The summed E-state index contributed by atoms with van der Waals surface area (Å²) in [7, 11) is 3.16. The lowest BCUT2D eigenvalue weighted by Gasteiger charge is -2.25. The van der Waals surface area contributed by atoms with E-state index in [-0.39, 0.29) is 11.9 Å². The Bertz CT molecular complexity index is 372. The van der Waals surface area contributed by atoms with Crippen LogP contribution in [-0.2, 0) is 15.9 Å². The van der Waals surface area contributed by atoms with Crippen LogP contribution >= 0.6 is 15.9 Å². The molecule has 0 fully saturated rings. The summed E-state index contributed by atoms with van der Waals surface area (Å²) in [6, 6.07) is 4.98. The SMILES string of the molecule is CCNC(Cc1ccc(Br)cc1F)C(OC)OC. The van der Waals surface area contributed by atoms with Crippen molar-refractivity contribution in [1.29, 1.82) is 0 Å². The summed E-state index contributed by atoms with van der Waals surface area (Å²) in [5, 5.41) is 3.25. The van der Waals surface area contributed by atoms with E-state index in [9.17, 15) is 4.39 Å². The predicted molar refractivity (Wildman–Crippen MR) is 73.1 cm³/mol. The molecule has 0 bridgehead atoms. The molecule has 102 valence electrons. The molecule has 0 aliphatic rings. The minimum atomic E-state index is -0.395. The average molecular weight is 320 g/mol. The first kappa shape index (κ1) is 15.6. The number of rotatable bonds is 7. The monoisotopic (exact) mass is 319 g/mol. The molecular formula is C13H19BrFNO2. The molecule has 0 spiro atoms. The zero-order chi connectivity index (χ0) is 13.5. The molecule has 18 heavy (non-hydrogen) atoms. The molecule has 1 rings (SSSR count). The maximum Gasteiger partial charge on any atom is 0.172 e. The van der Waals surface area contributed by atoms with Crippen LogP contribution < -0.4 is 5.32 Å². The Balaban J connectivity index is 2.82. The molecule has 1 atom stereocenters. The smallest absolute Gasteiger partial charge is 0.172 e. The van der Waals surface area contributed by atoms with Crippen molar-refractivity contribution in [2.24, 2.45) is 0 Å². The van der Waals surface area contributed by atoms with E-state index in [4.69, 9.17) is 9.47 Å². The average Bonchev–Trinajstić information content (AvgIpc) is 2.34. The van der Waals surface area contributed by atoms with Gasteiger partial charge in [-0.1, -0.05) is 28.9 Å². The Hall–Kier alpha value is -0.490. The predicted octanol–water partition coefficient (Wildman–Crippen LogP) is 2.73. The summed E-state index contributed by atoms with van der Waals surface area (Å²) in [4.78, 5) is 0. The first-order valence-electron chi connectivity index (χ1n) is 5.85. The van der Waals surface area contributed by atoms with Gasteiger partial charge in [-0.3, -0.25) is 0 Å². The molecule has 0 amide bonds. The molecule has 1 aromatic rings. The highest BCUT2D eigenvalue weighted by Crippen LogP contribution is 2.18. The molecule has 3 nitrogen and oxygen atoms in total. The van der Waals surface area contributed by atoms with Gasteiger partial charge in [-0.25, -0.2) is 4.39 Å². The fraction of sp³-hybridized carbons (Fsp3) is 0.538. The van der Waals surface area contributed by atoms with E-state index in [2.05, 4.69) is 21.2 Å². The fourth-order valence-electron chi connectivity index (χ4n) is 1.88. The van der Waals surface area contributed by atoms with Gasteiger partial charge in [0.05, 0.1) is 6.04 Å². The molecule has 0 heterocycles. The van der Waals surface area contributed by atoms with Gasteiger partial charge >= 0.3 is 0 Å². The van der Waals surface area contributed by atoms with E-state index in [1.807, 2.05) is 13.0 Å². The van der Waals surface area contributed by atoms with Gasteiger partial charge in [-0.05, 0) is 30.7 Å². The number of nitrogens with one attached hydrogen (secondary N) is 1. The van der Waals surface area contributed by atoms with Crippen molar-refractivity contribution in [1.82, 2.24) is 5.32 Å². The third-order valence-electron chi connectivity index (χ3n) is 2.71. The van der Waals surface area contributed by atoms with Gasteiger partial charge in [0, 0.05) is 18.7 Å². The van der Waals surface area contributed by atoms with Gasteiger partial charge in [0.2, 0.25) is 0 Å². The van der Waals surface area contributed by atoms with E-state index in [0.717, 1.165) is 11.0 Å². The lowest BCUT2D eigenvalue weighted by molar-refractivity contribution is -0.122. The highest BCUT2D eigenvalue weighted by Gasteiger charge is 2.21. The van der Waals surface area contributed by atoms with E-state index >= 15 is 0 Å². The van der Waals surface area contributed by atoms with Gasteiger partial charge in [0.25, 0.3) is 0 Å². The van der Waals surface area contributed by atoms with Crippen LogP contribution in [0.5, 0.6) is 0 Å². The van der Waals surface area contributed by atoms with Gasteiger partial charge in [-0.2, -0.15) is 0 Å². The number of benzene rings is 1. The van der Waals surface area contributed by atoms with E-state index < -0.39 is 6.29 Å². The van der Waals surface area contributed by atoms with Crippen molar-refractivity contribution in [3.63, 3.8) is 0 Å². The minimum Gasteiger partial charge on any atom is -0.354 e. The standard InChI is InChI=1S/C13H19BrFNO2/c1-4-16-12(13(17-2)18-3)7-9-5-6-10(14)8-11(9)15/h5-6,8,12-13,16H,4,7H2,1-3H3. The lowest BCUT2D eigenvalue weighted by atomic mass is 10.0. The Kier molecular flexibility index (Phi) is 6.78. The molecule has 0 aliphatic heterocycles. The molecular weight excluding hydrogens is 301 g/mol. The van der Waals surface area contributed by atoms with Crippen LogP contribution in [0.3, 0.4) is 0 Å². The number of methoxy groups -OCH3 is 2. The van der Waals surface area contributed by atoms with Gasteiger partial charge in [0.1, 0.15) is 5.82 Å². The van der Waals surface area contributed by atoms with Gasteiger partial charge < -0.3 is 14.8 Å². The Morgan fingerprint density at radius 2 is 2.00 bits per heavy atom. The Labute approximate surface area is 116 Å². The van der Waals surface area contributed by atoms with E-state index in [1.54, 1.807) is 20.3 Å². The third-order valence-corrected chi connectivity index (χ3v) is 3.21. The topological polar surface area (TPSA) is 30.5 Å². The summed E-state index contributed by atoms with van der Waals surface area (Å²) in [5.41, 5.74) is 0.642. The van der Waals surface area contributed by atoms with Gasteiger partial charge in [-0.15, -0.1) is 0 Å². The van der Waals surface area contributed by atoms with Crippen LogP contribution in [0.1, 0.15) is 12.5 Å². The van der Waals surface area contributed by atoms with Crippen molar-refractivity contribution in [2.75, 3.05) is 20.8 Å². The van der Waals surface area contributed by atoms with E-state index in [1.165, 1.54) is 6.07 Å². The normalized spacial score (nSPS) is 13.0. The van der Waals surface area contributed by atoms with Gasteiger partial charge in [0.15, 0.2) is 6.29 Å². The molecule has 5 heteroatoms. The van der Waals surface area contributed by atoms with Crippen LogP contribution in [0.2, 0.25) is 0 Å². The molecule has 0 saturated heterocycles. The lowest BCUT2D eigenvalue weighted by Crippen LogP contribution is -2.43. The highest BCUT2D eigenvalue weighted by molar-refractivity contribution is 9.10. The maximum absolute atomic E-state index is 13.8. The first-order chi connectivity index (χ1) is 8.62. The second kappa shape index (κ2) is 7.84. The number of halogens is 2. The van der Waals surface area contributed by atoms with Crippen LogP contribution in [0.4, 0.5) is 4.39 Å². The molecule has 0 aromatic heterocycles. The van der Waals surface area contributed by atoms with Crippen molar-refractivity contribution >= 4 is 15.9 Å².